The summed E-state index contributed by atoms with van der Waals surface area (Å²) in [7, 11) is 0. The SMILES string of the molecule is OCc1noc(-c2cc(Br)ccc2Cl)n1. The maximum atomic E-state index is 8.79. The van der Waals surface area contributed by atoms with Crippen LogP contribution in [0.1, 0.15) is 5.82 Å². The van der Waals surface area contributed by atoms with Gasteiger partial charge in [-0.15, -0.1) is 0 Å². The van der Waals surface area contributed by atoms with Gasteiger partial charge in [0.1, 0.15) is 6.61 Å². The molecule has 1 aromatic heterocycles. The van der Waals surface area contributed by atoms with Crippen molar-refractivity contribution in [3.05, 3.63) is 33.5 Å². The van der Waals surface area contributed by atoms with Crippen LogP contribution in [-0.2, 0) is 6.61 Å². The molecule has 2 rings (SSSR count). The molecule has 0 aliphatic rings. The minimum atomic E-state index is -0.255. The predicted octanol–water partition coefficient (Wildman–Crippen LogP) is 2.64. The lowest BCUT2D eigenvalue weighted by atomic mass is 10.2. The van der Waals surface area contributed by atoms with E-state index in [1.165, 1.54) is 0 Å². The number of rotatable bonds is 2. The van der Waals surface area contributed by atoms with E-state index in [4.69, 9.17) is 21.2 Å². The summed E-state index contributed by atoms with van der Waals surface area (Å²) in [5.74, 6) is 0.534. The molecule has 0 amide bonds. The molecular weight excluding hydrogens is 283 g/mol. The largest absolute Gasteiger partial charge is 0.388 e. The lowest BCUT2D eigenvalue weighted by molar-refractivity contribution is 0.264. The van der Waals surface area contributed by atoms with Gasteiger partial charge in [-0.1, -0.05) is 32.7 Å². The minimum absolute atomic E-state index is 0.237. The van der Waals surface area contributed by atoms with Gasteiger partial charge in [0.05, 0.1) is 10.6 Å². The standard InChI is InChI=1S/C9H6BrClN2O2/c10-5-1-2-7(11)6(3-5)9-12-8(4-14)13-15-9/h1-3,14H,4H2. The number of aliphatic hydroxyl groups excluding tert-OH is 1. The van der Waals surface area contributed by atoms with Crippen molar-refractivity contribution >= 4 is 27.5 Å². The molecule has 0 aliphatic carbocycles. The van der Waals surface area contributed by atoms with Gasteiger partial charge in [-0.25, -0.2) is 0 Å². The number of aromatic nitrogens is 2. The van der Waals surface area contributed by atoms with Crippen LogP contribution in [0.5, 0.6) is 0 Å². The summed E-state index contributed by atoms with van der Waals surface area (Å²) in [6.07, 6.45) is 0. The molecule has 0 spiro atoms. The normalized spacial score (nSPS) is 10.6. The quantitative estimate of drug-likeness (QED) is 0.923. The summed E-state index contributed by atoms with van der Waals surface area (Å²) >= 11 is 9.29. The number of hydrogen-bond donors (Lipinski definition) is 1. The maximum absolute atomic E-state index is 8.79. The van der Waals surface area contributed by atoms with Crippen LogP contribution < -0.4 is 0 Å². The zero-order valence-electron chi connectivity index (χ0n) is 7.44. The van der Waals surface area contributed by atoms with Gasteiger partial charge in [0.15, 0.2) is 5.82 Å². The number of hydrogen-bond acceptors (Lipinski definition) is 4. The summed E-state index contributed by atoms with van der Waals surface area (Å²) in [6.45, 7) is -0.255. The van der Waals surface area contributed by atoms with Gasteiger partial charge in [0.25, 0.3) is 5.89 Å². The molecule has 0 saturated heterocycles. The number of aliphatic hydroxyl groups is 1. The molecule has 0 bridgehead atoms. The van der Waals surface area contributed by atoms with E-state index < -0.39 is 0 Å². The Hall–Kier alpha value is -0.910. The van der Waals surface area contributed by atoms with E-state index >= 15 is 0 Å². The molecule has 1 aromatic carbocycles. The van der Waals surface area contributed by atoms with E-state index in [9.17, 15) is 0 Å². The molecule has 0 fully saturated rings. The Balaban J connectivity index is 2.48. The number of benzene rings is 1. The van der Waals surface area contributed by atoms with E-state index in [2.05, 4.69) is 26.1 Å². The fraction of sp³-hybridized carbons (Fsp3) is 0.111. The molecule has 78 valence electrons. The highest BCUT2D eigenvalue weighted by Gasteiger charge is 2.11. The lowest BCUT2D eigenvalue weighted by Crippen LogP contribution is -1.85. The maximum Gasteiger partial charge on any atom is 0.259 e. The monoisotopic (exact) mass is 288 g/mol. The van der Waals surface area contributed by atoms with Gasteiger partial charge in [0, 0.05) is 4.47 Å². The molecule has 4 nitrogen and oxygen atoms in total. The molecule has 15 heavy (non-hydrogen) atoms. The zero-order valence-corrected chi connectivity index (χ0v) is 9.79. The Labute approximate surface area is 99.0 Å². The van der Waals surface area contributed by atoms with Crippen molar-refractivity contribution < 1.29 is 9.63 Å². The van der Waals surface area contributed by atoms with Crippen molar-refractivity contribution in [3.8, 4) is 11.5 Å². The highest BCUT2D eigenvalue weighted by Crippen LogP contribution is 2.29. The molecule has 0 saturated carbocycles. The molecule has 6 heteroatoms. The molecule has 0 atom stereocenters. The van der Waals surface area contributed by atoms with Crippen LogP contribution in [0, 0.1) is 0 Å². The molecular formula is C9H6BrClN2O2. The highest BCUT2D eigenvalue weighted by molar-refractivity contribution is 9.10. The summed E-state index contributed by atoms with van der Waals surface area (Å²) in [4.78, 5) is 3.97. The Morgan fingerprint density at radius 1 is 1.47 bits per heavy atom. The first kappa shape index (κ1) is 10.6. The van der Waals surface area contributed by atoms with Crippen LogP contribution in [0.4, 0.5) is 0 Å². The average Bonchev–Trinajstić information content (AvgIpc) is 2.70. The second-order valence-electron chi connectivity index (χ2n) is 2.80. The van der Waals surface area contributed by atoms with E-state index in [0.717, 1.165) is 4.47 Å². The van der Waals surface area contributed by atoms with Crippen molar-refractivity contribution in [3.63, 3.8) is 0 Å². The molecule has 0 aliphatic heterocycles. The molecule has 0 radical (unpaired) electrons. The molecule has 2 aromatic rings. The van der Waals surface area contributed by atoms with Crippen LogP contribution in [0.3, 0.4) is 0 Å². The average molecular weight is 290 g/mol. The van der Waals surface area contributed by atoms with Crippen molar-refractivity contribution in [1.29, 1.82) is 0 Å². The summed E-state index contributed by atoms with van der Waals surface area (Å²) < 4.78 is 5.82. The third-order valence-corrected chi connectivity index (χ3v) is 2.59. The van der Waals surface area contributed by atoms with Gasteiger partial charge in [-0.2, -0.15) is 4.98 Å². The minimum Gasteiger partial charge on any atom is -0.388 e. The summed E-state index contributed by atoms with van der Waals surface area (Å²) in [6, 6.07) is 5.32. The smallest absolute Gasteiger partial charge is 0.259 e. The van der Waals surface area contributed by atoms with Gasteiger partial charge >= 0.3 is 0 Å². The van der Waals surface area contributed by atoms with Crippen LogP contribution in [-0.4, -0.2) is 15.2 Å². The van der Waals surface area contributed by atoms with Crippen LogP contribution in [0.25, 0.3) is 11.5 Å². The third-order valence-electron chi connectivity index (χ3n) is 1.77. The van der Waals surface area contributed by atoms with Crippen molar-refractivity contribution in [2.45, 2.75) is 6.61 Å². The molecule has 0 unspecified atom stereocenters. The Kier molecular flexibility index (Phi) is 3.04. The molecule has 1 heterocycles. The summed E-state index contributed by atoms with van der Waals surface area (Å²) in [5.41, 5.74) is 0.637. The topological polar surface area (TPSA) is 59.2 Å². The van der Waals surface area contributed by atoms with Gasteiger partial charge in [-0.3, -0.25) is 0 Å². The number of halogens is 2. The Bertz CT molecular complexity index is 487. The first-order valence-electron chi connectivity index (χ1n) is 4.09. The zero-order chi connectivity index (χ0) is 10.8. The first-order valence-corrected chi connectivity index (χ1v) is 5.26. The van der Waals surface area contributed by atoms with Gasteiger partial charge in [-0.05, 0) is 18.2 Å². The van der Waals surface area contributed by atoms with Crippen molar-refractivity contribution in [2.75, 3.05) is 0 Å². The second-order valence-corrected chi connectivity index (χ2v) is 4.12. The second kappa shape index (κ2) is 4.30. The van der Waals surface area contributed by atoms with Crippen molar-refractivity contribution in [1.82, 2.24) is 10.1 Å². The Morgan fingerprint density at radius 2 is 2.27 bits per heavy atom. The third kappa shape index (κ3) is 2.19. The van der Waals surface area contributed by atoms with E-state index in [1.807, 2.05) is 6.07 Å². The van der Waals surface area contributed by atoms with Crippen LogP contribution >= 0.6 is 27.5 Å². The van der Waals surface area contributed by atoms with E-state index in [0.29, 0.717) is 16.5 Å². The van der Waals surface area contributed by atoms with Crippen LogP contribution in [0.2, 0.25) is 5.02 Å². The van der Waals surface area contributed by atoms with E-state index in [-0.39, 0.29) is 12.4 Å². The van der Waals surface area contributed by atoms with E-state index in [1.54, 1.807) is 12.1 Å². The Morgan fingerprint density at radius 3 is 2.93 bits per heavy atom. The van der Waals surface area contributed by atoms with Crippen LogP contribution in [0.15, 0.2) is 27.2 Å². The predicted molar refractivity (Wildman–Crippen MR) is 58.4 cm³/mol. The molecule has 1 N–H and O–H groups in total. The van der Waals surface area contributed by atoms with Gasteiger partial charge < -0.3 is 9.63 Å². The number of nitrogens with zero attached hydrogens (tertiary/aromatic N) is 2. The summed E-state index contributed by atoms with van der Waals surface area (Å²) in [5, 5.41) is 12.9. The lowest BCUT2D eigenvalue weighted by Gasteiger charge is -1.98. The van der Waals surface area contributed by atoms with Gasteiger partial charge in [0.2, 0.25) is 0 Å². The fourth-order valence-electron chi connectivity index (χ4n) is 1.09. The fourth-order valence-corrected chi connectivity index (χ4v) is 1.65. The van der Waals surface area contributed by atoms with Crippen molar-refractivity contribution in [2.24, 2.45) is 0 Å². The first-order chi connectivity index (χ1) is 7.20. The highest BCUT2D eigenvalue weighted by atomic mass is 79.9.